The Morgan fingerprint density at radius 1 is 1.53 bits per heavy atom. The van der Waals surface area contributed by atoms with E-state index in [9.17, 15) is 0 Å². The van der Waals surface area contributed by atoms with Gasteiger partial charge in [-0.3, -0.25) is 0 Å². The molecule has 1 aliphatic rings. The lowest BCUT2D eigenvalue weighted by molar-refractivity contribution is 0.470. The molecule has 3 N–H and O–H groups in total. The quantitative estimate of drug-likeness (QED) is 0.893. The Labute approximate surface area is 112 Å². The molecule has 94 valence electrons. The molecule has 2 atom stereocenters. The van der Waals surface area contributed by atoms with Gasteiger partial charge < -0.3 is 11.1 Å². The summed E-state index contributed by atoms with van der Waals surface area (Å²) in [6.07, 6.45) is 3.61. The van der Waals surface area contributed by atoms with Crippen molar-refractivity contribution in [3.63, 3.8) is 0 Å². The summed E-state index contributed by atoms with van der Waals surface area (Å²) in [5.74, 6) is 0.773. The molecule has 17 heavy (non-hydrogen) atoms. The predicted octanol–water partition coefficient (Wildman–Crippen LogP) is 3.69. The van der Waals surface area contributed by atoms with E-state index < -0.39 is 0 Å². The third-order valence-electron chi connectivity index (χ3n) is 3.77. The fourth-order valence-corrected chi connectivity index (χ4v) is 3.11. The molecule has 0 heterocycles. The maximum Gasteiger partial charge on any atom is 0.0498 e. The second kappa shape index (κ2) is 4.99. The van der Waals surface area contributed by atoms with Gasteiger partial charge in [-0.25, -0.2) is 0 Å². The van der Waals surface area contributed by atoms with E-state index in [-0.39, 0.29) is 5.54 Å². The highest BCUT2D eigenvalue weighted by atomic mass is 79.9. The summed E-state index contributed by atoms with van der Waals surface area (Å²) < 4.78 is 1.12. The summed E-state index contributed by atoms with van der Waals surface area (Å²) >= 11 is 3.60. The minimum atomic E-state index is 0.0930. The minimum Gasteiger partial charge on any atom is -0.377 e. The number of anilines is 1. The first-order valence-corrected chi connectivity index (χ1v) is 7.08. The standard InChI is InChI=1S/C14H21BrN2/c1-10-3-4-12(15)13(7-10)17-14(9-16)6-5-11(2)8-14/h3-4,7,11,17H,5-6,8-9,16H2,1-2H3. The Morgan fingerprint density at radius 2 is 2.29 bits per heavy atom. The van der Waals surface area contributed by atoms with Crippen molar-refractivity contribution in [2.24, 2.45) is 11.7 Å². The summed E-state index contributed by atoms with van der Waals surface area (Å²) in [6, 6.07) is 6.40. The van der Waals surface area contributed by atoms with Crippen molar-refractivity contribution in [2.45, 2.75) is 38.6 Å². The van der Waals surface area contributed by atoms with E-state index in [2.05, 4.69) is 53.3 Å². The zero-order valence-corrected chi connectivity index (χ0v) is 12.2. The zero-order valence-electron chi connectivity index (χ0n) is 10.6. The molecule has 0 amide bonds. The Morgan fingerprint density at radius 3 is 2.88 bits per heavy atom. The molecule has 0 aliphatic heterocycles. The van der Waals surface area contributed by atoms with E-state index in [1.807, 2.05) is 0 Å². The highest BCUT2D eigenvalue weighted by molar-refractivity contribution is 9.10. The summed E-state index contributed by atoms with van der Waals surface area (Å²) in [5.41, 5.74) is 8.53. The highest BCUT2D eigenvalue weighted by Gasteiger charge is 2.36. The number of hydrogen-bond donors (Lipinski definition) is 2. The third kappa shape index (κ3) is 2.83. The van der Waals surface area contributed by atoms with Crippen molar-refractivity contribution in [3.05, 3.63) is 28.2 Å². The van der Waals surface area contributed by atoms with Crippen LogP contribution in [0.25, 0.3) is 0 Å². The molecule has 1 aromatic rings. The van der Waals surface area contributed by atoms with Gasteiger partial charge in [0, 0.05) is 22.2 Å². The van der Waals surface area contributed by atoms with Crippen LogP contribution in [0.1, 0.15) is 31.7 Å². The Bertz CT molecular complexity index is 405. The predicted molar refractivity (Wildman–Crippen MR) is 77.3 cm³/mol. The summed E-state index contributed by atoms with van der Waals surface area (Å²) in [7, 11) is 0. The van der Waals surface area contributed by atoms with Gasteiger partial charge in [0.25, 0.3) is 0 Å². The molecule has 2 unspecified atom stereocenters. The molecule has 0 spiro atoms. The van der Waals surface area contributed by atoms with Gasteiger partial charge in [-0.1, -0.05) is 13.0 Å². The normalized spacial score (nSPS) is 28.4. The van der Waals surface area contributed by atoms with Crippen molar-refractivity contribution >= 4 is 21.6 Å². The SMILES string of the molecule is Cc1ccc(Br)c(NC2(CN)CCC(C)C2)c1. The van der Waals surface area contributed by atoms with E-state index >= 15 is 0 Å². The molecule has 0 bridgehead atoms. The van der Waals surface area contributed by atoms with Crippen molar-refractivity contribution in [3.8, 4) is 0 Å². The topological polar surface area (TPSA) is 38.0 Å². The van der Waals surface area contributed by atoms with Crippen LogP contribution >= 0.6 is 15.9 Å². The van der Waals surface area contributed by atoms with Crippen LogP contribution in [-0.4, -0.2) is 12.1 Å². The van der Waals surface area contributed by atoms with Crippen LogP contribution in [0, 0.1) is 12.8 Å². The largest absolute Gasteiger partial charge is 0.377 e. The molecule has 2 rings (SSSR count). The number of nitrogens with one attached hydrogen (secondary N) is 1. The first-order chi connectivity index (χ1) is 8.04. The van der Waals surface area contributed by atoms with E-state index in [0.717, 1.165) is 10.4 Å². The number of aryl methyl sites for hydroxylation is 1. The molecule has 0 saturated heterocycles. The van der Waals surface area contributed by atoms with Crippen molar-refractivity contribution in [2.75, 3.05) is 11.9 Å². The number of benzene rings is 1. The molecule has 1 aromatic carbocycles. The maximum atomic E-state index is 5.99. The lowest BCUT2D eigenvalue weighted by atomic mass is 9.95. The van der Waals surface area contributed by atoms with Crippen LogP contribution in [0.4, 0.5) is 5.69 Å². The number of halogens is 1. The molecule has 2 nitrogen and oxygen atoms in total. The van der Waals surface area contributed by atoms with E-state index in [1.165, 1.54) is 30.5 Å². The molecular formula is C14H21BrN2. The Balaban J connectivity index is 2.21. The summed E-state index contributed by atoms with van der Waals surface area (Å²) in [5, 5.41) is 3.67. The van der Waals surface area contributed by atoms with Gasteiger partial charge >= 0.3 is 0 Å². The molecule has 0 aromatic heterocycles. The van der Waals surface area contributed by atoms with Gasteiger partial charge in [-0.2, -0.15) is 0 Å². The summed E-state index contributed by atoms with van der Waals surface area (Å²) in [6.45, 7) is 5.13. The fourth-order valence-electron chi connectivity index (χ4n) is 2.76. The Kier molecular flexibility index (Phi) is 3.79. The molecule has 0 radical (unpaired) electrons. The van der Waals surface area contributed by atoms with Gasteiger partial charge in [-0.05, 0) is 65.7 Å². The van der Waals surface area contributed by atoms with Crippen LogP contribution in [0.5, 0.6) is 0 Å². The van der Waals surface area contributed by atoms with Crippen LogP contribution in [0.2, 0.25) is 0 Å². The van der Waals surface area contributed by atoms with E-state index in [0.29, 0.717) is 6.54 Å². The maximum absolute atomic E-state index is 5.99. The zero-order chi connectivity index (χ0) is 12.5. The van der Waals surface area contributed by atoms with Crippen LogP contribution in [0.3, 0.4) is 0 Å². The minimum absolute atomic E-state index is 0.0930. The van der Waals surface area contributed by atoms with E-state index in [4.69, 9.17) is 5.73 Å². The lowest BCUT2D eigenvalue weighted by Crippen LogP contribution is -2.43. The molecular weight excluding hydrogens is 276 g/mol. The average molecular weight is 297 g/mol. The number of rotatable bonds is 3. The molecule has 1 fully saturated rings. The molecule has 3 heteroatoms. The van der Waals surface area contributed by atoms with E-state index in [1.54, 1.807) is 0 Å². The molecule has 1 aliphatic carbocycles. The Hall–Kier alpha value is -0.540. The first-order valence-electron chi connectivity index (χ1n) is 6.29. The van der Waals surface area contributed by atoms with Crippen LogP contribution in [0.15, 0.2) is 22.7 Å². The van der Waals surface area contributed by atoms with Gasteiger partial charge in [0.15, 0.2) is 0 Å². The first kappa shape index (κ1) is 12.9. The summed E-state index contributed by atoms with van der Waals surface area (Å²) in [4.78, 5) is 0. The fraction of sp³-hybridized carbons (Fsp3) is 0.571. The second-order valence-corrected chi connectivity index (χ2v) is 6.30. The van der Waals surface area contributed by atoms with Gasteiger partial charge in [0.1, 0.15) is 0 Å². The average Bonchev–Trinajstić information content (AvgIpc) is 2.66. The van der Waals surface area contributed by atoms with Crippen LogP contribution < -0.4 is 11.1 Å². The smallest absolute Gasteiger partial charge is 0.0498 e. The van der Waals surface area contributed by atoms with Gasteiger partial charge in [0.2, 0.25) is 0 Å². The number of hydrogen-bond acceptors (Lipinski definition) is 2. The van der Waals surface area contributed by atoms with Crippen molar-refractivity contribution < 1.29 is 0 Å². The third-order valence-corrected chi connectivity index (χ3v) is 4.46. The number of nitrogens with two attached hydrogens (primary N) is 1. The van der Waals surface area contributed by atoms with Crippen molar-refractivity contribution in [1.29, 1.82) is 0 Å². The lowest BCUT2D eigenvalue weighted by Gasteiger charge is -2.31. The second-order valence-electron chi connectivity index (χ2n) is 5.44. The van der Waals surface area contributed by atoms with Gasteiger partial charge in [-0.15, -0.1) is 0 Å². The van der Waals surface area contributed by atoms with Gasteiger partial charge in [0.05, 0.1) is 0 Å². The van der Waals surface area contributed by atoms with Crippen molar-refractivity contribution in [1.82, 2.24) is 0 Å². The van der Waals surface area contributed by atoms with Crippen LogP contribution in [-0.2, 0) is 0 Å². The molecule has 1 saturated carbocycles. The monoisotopic (exact) mass is 296 g/mol. The highest BCUT2D eigenvalue weighted by Crippen LogP contribution is 2.38.